The molecule has 1 saturated heterocycles. The van der Waals surface area contributed by atoms with Gasteiger partial charge in [-0.05, 0) is 47.7 Å². The minimum absolute atomic E-state index is 0.0325. The molecule has 5 rings (SSSR count). The van der Waals surface area contributed by atoms with Crippen LogP contribution in [-0.4, -0.2) is 29.8 Å². The summed E-state index contributed by atoms with van der Waals surface area (Å²) in [5, 5.41) is 0. The number of alkyl halides is 5. The van der Waals surface area contributed by atoms with Crippen molar-refractivity contribution in [3.05, 3.63) is 64.7 Å². The van der Waals surface area contributed by atoms with Gasteiger partial charge in [0.05, 0.1) is 12.1 Å². The minimum Gasteiger partial charge on any atom is -0.304 e. The molecule has 0 spiro atoms. The topological polar surface area (TPSA) is 23.6 Å². The van der Waals surface area contributed by atoms with E-state index in [4.69, 9.17) is 0 Å². The highest BCUT2D eigenvalue weighted by Crippen LogP contribution is 2.48. The average molecular weight is 436 g/mol. The molecule has 0 N–H and O–H groups in total. The Morgan fingerprint density at radius 2 is 1.81 bits per heavy atom. The molecular formula is C23H21F5N2O. The summed E-state index contributed by atoms with van der Waals surface area (Å²) in [4.78, 5) is 16.1. The van der Waals surface area contributed by atoms with Crippen LogP contribution in [-0.2, 0) is 19.3 Å². The predicted octanol–water partition coefficient (Wildman–Crippen LogP) is 5.34. The lowest BCUT2D eigenvalue weighted by atomic mass is 9.98. The van der Waals surface area contributed by atoms with E-state index in [0.29, 0.717) is 24.2 Å². The molecule has 2 atom stereocenters. The molecule has 1 saturated carbocycles. The molecule has 0 radical (unpaired) electrons. The molecule has 1 amide bonds. The maximum atomic E-state index is 14.0. The van der Waals surface area contributed by atoms with Gasteiger partial charge in [0.2, 0.25) is 0 Å². The molecule has 31 heavy (non-hydrogen) atoms. The second-order valence-electron chi connectivity index (χ2n) is 8.75. The van der Waals surface area contributed by atoms with Crippen molar-refractivity contribution in [3.63, 3.8) is 0 Å². The third kappa shape index (κ3) is 3.50. The SMILES string of the molecule is O=C1c2cc(CN3CC4CCC(F)(F)C4C3)cc(C(F)(F)F)c2CN1c1ccccc1. The summed E-state index contributed by atoms with van der Waals surface area (Å²) in [5.41, 5.74) is 0.0513. The fraction of sp³-hybridized carbons (Fsp3) is 0.435. The van der Waals surface area contributed by atoms with E-state index in [1.165, 1.54) is 11.0 Å². The number of benzene rings is 2. The number of hydrogen-bond donors (Lipinski definition) is 0. The van der Waals surface area contributed by atoms with Gasteiger partial charge >= 0.3 is 6.18 Å². The fourth-order valence-electron chi connectivity index (χ4n) is 5.31. The number of carbonyl (C=O) groups is 1. The zero-order valence-electron chi connectivity index (χ0n) is 16.6. The van der Waals surface area contributed by atoms with E-state index < -0.39 is 29.5 Å². The van der Waals surface area contributed by atoms with Crippen LogP contribution in [0.15, 0.2) is 42.5 Å². The first-order chi connectivity index (χ1) is 14.6. The molecule has 8 heteroatoms. The van der Waals surface area contributed by atoms with Gasteiger partial charge in [0.25, 0.3) is 11.8 Å². The summed E-state index contributed by atoms with van der Waals surface area (Å²) >= 11 is 0. The zero-order chi connectivity index (χ0) is 22.0. The molecule has 2 aromatic carbocycles. The highest BCUT2D eigenvalue weighted by atomic mass is 19.4. The lowest BCUT2D eigenvalue weighted by Crippen LogP contribution is -2.29. The quantitative estimate of drug-likeness (QED) is 0.607. The summed E-state index contributed by atoms with van der Waals surface area (Å²) in [7, 11) is 0. The number of likely N-dealkylation sites (tertiary alicyclic amines) is 1. The monoisotopic (exact) mass is 436 g/mol. The van der Waals surface area contributed by atoms with Crippen LogP contribution < -0.4 is 4.90 Å². The Morgan fingerprint density at radius 3 is 2.48 bits per heavy atom. The lowest BCUT2D eigenvalue weighted by Gasteiger charge is -2.21. The number of fused-ring (bicyclic) bond motifs is 2. The molecule has 2 heterocycles. The third-order valence-corrected chi connectivity index (χ3v) is 6.79. The van der Waals surface area contributed by atoms with E-state index >= 15 is 0 Å². The Kier molecular flexibility index (Phi) is 4.62. The van der Waals surface area contributed by atoms with E-state index in [1.807, 2.05) is 0 Å². The predicted molar refractivity (Wildman–Crippen MR) is 105 cm³/mol. The van der Waals surface area contributed by atoms with Crippen molar-refractivity contribution < 1.29 is 26.7 Å². The van der Waals surface area contributed by atoms with Crippen LogP contribution in [0.2, 0.25) is 0 Å². The van der Waals surface area contributed by atoms with E-state index in [0.717, 1.165) is 6.07 Å². The maximum absolute atomic E-state index is 14.0. The average Bonchev–Trinajstić information content (AvgIpc) is 3.35. The molecule has 2 aromatic rings. The number of hydrogen-bond acceptors (Lipinski definition) is 2. The van der Waals surface area contributed by atoms with Crippen molar-refractivity contribution in [3.8, 4) is 0 Å². The van der Waals surface area contributed by atoms with Crippen molar-refractivity contribution in [1.29, 1.82) is 0 Å². The first kappa shape index (κ1) is 20.4. The van der Waals surface area contributed by atoms with Crippen LogP contribution >= 0.6 is 0 Å². The number of amides is 1. The van der Waals surface area contributed by atoms with Gasteiger partial charge < -0.3 is 4.90 Å². The molecule has 3 aliphatic rings. The van der Waals surface area contributed by atoms with Crippen molar-refractivity contribution in [2.75, 3.05) is 18.0 Å². The molecule has 2 fully saturated rings. The highest BCUT2D eigenvalue weighted by Gasteiger charge is 2.53. The van der Waals surface area contributed by atoms with Gasteiger partial charge in [-0.1, -0.05) is 18.2 Å². The van der Waals surface area contributed by atoms with Gasteiger partial charge in [0.1, 0.15) is 0 Å². The number of para-hydroxylation sites is 1. The molecule has 2 unspecified atom stereocenters. The van der Waals surface area contributed by atoms with E-state index in [9.17, 15) is 26.7 Å². The Morgan fingerprint density at radius 1 is 1.06 bits per heavy atom. The van der Waals surface area contributed by atoms with Gasteiger partial charge in [-0.3, -0.25) is 9.69 Å². The van der Waals surface area contributed by atoms with E-state index in [1.54, 1.807) is 35.2 Å². The number of rotatable bonds is 3. The molecule has 2 aliphatic heterocycles. The minimum atomic E-state index is -4.61. The van der Waals surface area contributed by atoms with Crippen LogP contribution in [0.4, 0.5) is 27.6 Å². The number of anilines is 1. The first-order valence-corrected chi connectivity index (χ1v) is 10.3. The number of nitrogens with zero attached hydrogens (tertiary/aromatic N) is 2. The summed E-state index contributed by atoms with van der Waals surface area (Å²) < 4.78 is 69.6. The van der Waals surface area contributed by atoms with Crippen LogP contribution in [0.5, 0.6) is 0 Å². The summed E-state index contributed by atoms with van der Waals surface area (Å²) in [6.07, 6.45) is -4.28. The second-order valence-corrected chi connectivity index (χ2v) is 8.75. The normalized spacial score (nSPS) is 25.2. The van der Waals surface area contributed by atoms with Gasteiger partial charge in [-0.15, -0.1) is 0 Å². The number of halogens is 5. The van der Waals surface area contributed by atoms with Gasteiger partial charge in [0.15, 0.2) is 0 Å². The van der Waals surface area contributed by atoms with Crippen LogP contribution in [0.25, 0.3) is 0 Å². The Labute approximate surface area is 176 Å². The summed E-state index contributed by atoms with van der Waals surface area (Å²) in [5.74, 6) is -4.04. The molecule has 164 valence electrons. The molecule has 3 nitrogen and oxygen atoms in total. The van der Waals surface area contributed by atoms with E-state index in [-0.39, 0.29) is 43.1 Å². The third-order valence-electron chi connectivity index (χ3n) is 6.79. The van der Waals surface area contributed by atoms with Crippen molar-refractivity contribution >= 4 is 11.6 Å². The van der Waals surface area contributed by atoms with Crippen LogP contribution in [0.1, 0.15) is 39.9 Å². The van der Waals surface area contributed by atoms with Crippen molar-refractivity contribution in [1.82, 2.24) is 4.90 Å². The van der Waals surface area contributed by atoms with Gasteiger partial charge in [-0.25, -0.2) is 8.78 Å². The summed E-state index contributed by atoms with van der Waals surface area (Å²) in [6.45, 7) is 0.592. The van der Waals surface area contributed by atoms with Gasteiger partial charge in [-0.2, -0.15) is 13.2 Å². The molecule has 0 bridgehead atoms. The summed E-state index contributed by atoms with van der Waals surface area (Å²) in [6, 6.07) is 11.2. The fourth-order valence-corrected chi connectivity index (χ4v) is 5.31. The Bertz CT molecular complexity index is 1020. The molecule has 1 aliphatic carbocycles. The Hall–Kier alpha value is -2.48. The molecule has 0 aromatic heterocycles. The smallest absolute Gasteiger partial charge is 0.304 e. The first-order valence-electron chi connectivity index (χ1n) is 10.3. The van der Waals surface area contributed by atoms with Gasteiger partial charge in [0, 0.05) is 43.2 Å². The van der Waals surface area contributed by atoms with Crippen LogP contribution in [0.3, 0.4) is 0 Å². The molecular weight excluding hydrogens is 415 g/mol. The zero-order valence-corrected chi connectivity index (χ0v) is 16.6. The lowest BCUT2D eigenvalue weighted by molar-refractivity contribution is -0.138. The standard InChI is InChI=1S/C23H21F5N2O/c24-22(25)7-6-15-11-29(13-20(15)22)10-14-8-17-18(19(9-14)23(26,27)28)12-30(21(17)31)16-4-2-1-3-5-16/h1-5,8-9,15,20H,6-7,10-13H2. The van der Waals surface area contributed by atoms with Crippen molar-refractivity contribution in [2.24, 2.45) is 11.8 Å². The van der Waals surface area contributed by atoms with E-state index in [2.05, 4.69) is 0 Å². The maximum Gasteiger partial charge on any atom is 0.416 e. The highest BCUT2D eigenvalue weighted by molar-refractivity contribution is 6.10. The van der Waals surface area contributed by atoms with Crippen molar-refractivity contribution in [2.45, 2.75) is 38.0 Å². The Balaban J connectivity index is 1.45. The second kappa shape index (κ2) is 7.02. The largest absolute Gasteiger partial charge is 0.416 e. The van der Waals surface area contributed by atoms with Crippen LogP contribution in [0, 0.1) is 11.8 Å². The number of carbonyl (C=O) groups excluding carboxylic acids is 1.